The minimum absolute atomic E-state index is 0.0599. The third-order valence-electron chi connectivity index (χ3n) is 8.56. The van der Waals surface area contributed by atoms with Gasteiger partial charge in [0.05, 0.1) is 31.2 Å². The Kier molecular flexibility index (Phi) is 8.85. The van der Waals surface area contributed by atoms with Crippen molar-refractivity contribution in [3.8, 4) is 0 Å². The van der Waals surface area contributed by atoms with Gasteiger partial charge >= 0.3 is 5.97 Å². The van der Waals surface area contributed by atoms with Crippen LogP contribution in [-0.2, 0) is 28.7 Å². The average molecular weight is 546 g/mol. The molecule has 2 saturated heterocycles. The molecule has 4 heterocycles. The molecule has 2 N–H and O–H groups in total. The molecule has 0 aromatic heterocycles. The molecule has 10 nitrogen and oxygen atoms in total. The van der Waals surface area contributed by atoms with Crippen molar-refractivity contribution in [3.63, 3.8) is 0 Å². The third-order valence-corrected chi connectivity index (χ3v) is 8.56. The van der Waals surface area contributed by atoms with E-state index < -0.39 is 47.7 Å². The lowest BCUT2D eigenvalue weighted by atomic mass is 9.77. The van der Waals surface area contributed by atoms with Crippen molar-refractivity contribution in [3.05, 3.63) is 24.3 Å². The molecule has 0 saturated carbocycles. The molecule has 0 aromatic rings. The number of rotatable bonds is 6. The number of aliphatic hydroxyl groups excluding tert-OH is 1. The number of allylic oxidation sites excluding steroid dienone is 1. The van der Waals surface area contributed by atoms with Crippen LogP contribution in [0.5, 0.6) is 0 Å². The fourth-order valence-corrected chi connectivity index (χ4v) is 6.57. The Morgan fingerprint density at radius 1 is 1.15 bits per heavy atom. The van der Waals surface area contributed by atoms with Crippen LogP contribution >= 0.6 is 0 Å². The van der Waals surface area contributed by atoms with Crippen LogP contribution < -0.4 is 5.32 Å². The van der Waals surface area contributed by atoms with Gasteiger partial charge in [0.1, 0.15) is 23.7 Å². The molecule has 0 radical (unpaired) electrons. The first-order valence-corrected chi connectivity index (χ1v) is 14.3. The Bertz CT molecular complexity index is 1030. The highest BCUT2D eigenvalue weighted by atomic mass is 16.6. The van der Waals surface area contributed by atoms with E-state index >= 15 is 0 Å². The quantitative estimate of drug-likeness (QED) is 0.383. The number of cyclic esters (lactones) is 1. The van der Waals surface area contributed by atoms with Crippen molar-refractivity contribution in [2.75, 3.05) is 19.7 Å². The Morgan fingerprint density at radius 2 is 1.90 bits per heavy atom. The molecule has 2 fully saturated rings. The van der Waals surface area contributed by atoms with Crippen LogP contribution in [-0.4, -0.2) is 94.2 Å². The Morgan fingerprint density at radius 3 is 2.56 bits per heavy atom. The SMILES string of the molecule is CCCC(C)N1CC=C[C@]23O[C@@H]4/C=C\CCC(=O)NC[C@@H](C)OC(=O)[C@@H]4[C@H]2C(=O)N([C@@H](CO)C(C)C)[C@@H]3C1=O. The number of nitrogens with one attached hydrogen (secondary N) is 1. The predicted octanol–water partition coefficient (Wildman–Crippen LogP) is 1.57. The zero-order chi connectivity index (χ0) is 28.5. The molecule has 3 amide bonds. The van der Waals surface area contributed by atoms with Crippen molar-refractivity contribution in [2.45, 2.75) is 96.2 Å². The largest absolute Gasteiger partial charge is 0.460 e. The van der Waals surface area contributed by atoms with Crippen molar-refractivity contribution in [1.29, 1.82) is 0 Å². The number of fused-ring (bicyclic) bond motifs is 2. The first-order chi connectivity index (χ1) is 18.6. The molecule has 8 atom stereocenters. The molecule has 4 aliphatic heterocycles. The molecular weight excluding hydrogens is 502 g/mol. The summed E-state index contributed by atoms with van der Waals surface area (Å²) in [5, 5.41) is 13.1. The number of hydrogen-bond donors (Lipinski definition) is 2. The maximum absolute atomic E-state index is 14.4. The summed E-state index contributed by atoms with van der Waals surface area (Å²) in [6.07, 6.45) is 8.17. The molecule has 0 aliphatic carbocycles. The Hall–Kier alpha value is -2.72. The highest BCUT2D eigenvalue weighted by molar-refractivity contribution is 5.99. The number of carbonyl (C=O) groups is 4. The summed E-state index contributed by atoms with van der Waals surface area (Å²) in [6, 6.07) is -1.72. The smallest absolute Gasteiger partial charge is 0.313 e. The second-order valence-electron chi connectivity index (χ2n) is 11.6. The number of likely N-dealkylation sites (tertiary alicyclic amines) is 1. The zero-order valence-corrected chi connectivity index (χ0v) is 23.7. The van der Waals surface area contributed by atoms with E-state index in [2.05, 4.69) is 12.2 Å². The minimum atomic E-state index is -1.40. The summed E-state index contributed by atoms with van der Waals surface area (Å²) >= 11 is 0. The van der Waals surface area contributed by atoms with E-state index in [0.717, 1.165) is 12.8 Å². The van der Waals surface area contributed by atoms with Gasteiger partial charge in [-0.05, 0) is 32.6 Å². The number of nitrogens with zero attached hydrogens (tertiary/aromatic N) is 2. The van der Waals surface area contributed by atoms with E-state index in [1.165, 1.54) is 4.90 Å². The molecule has 0 aromatic carbocycles. The van der Waals surface area contributed by atoms with Crippen LogP contribution in [0.1, 0.15) is 60.3 Å². The zero-order valence-electron chi connectivity index (χ0n) is 23.7. The van der Waals surface area contributed by atoms with Crippen LogP contribution in [0.4, 0.5) is 0 Å². The van der Waals surface area contributed by atoms with Crippen molar-refractivity contribution < 1.29 is 33.8 Å². The summed E-state index contributed by atoms with van der Waals surface area (Å²) in [7, 11) is 0. The van der Waals surface area contributed by atoms with E-state index in [9.17, 15) is 24.3 Å². The Labute approximate surface area is 230 Å². The van der Waals surface area contributed by atoms with Crippen LogP contribution in [0.25, 0.3) is 0 Å². The number of hydrogen-bond acceptors (Lipinski definition) is 7. The van der Waals surface area contributed by atoms with Crippen molar-refractivity contribution >= 4 is 23.7 Å². The van der Waals surface area contributed by atoms with E-state index in [-0.39, 0.29) is 49.3 Å². The molecule has 0 bridgehead atoms. The Balaban J connectivity index is 1.83. The monoisotopic (exact) mass is 545 g/mol. The summed E-state index contributed by atoms with van der Waals surface area (Å²) < 4.78 is 12.4. The topological polar surface area (TPSA) is 125 Å². The van der Waals surface area contributed by atoms with E-state index in [4.69, 9.17) is 9.47 Å². The van der Waals surface area contributed by atoms with Crippen LogP contribution in [0.2, 0.25) is 0 Å². The first-order valence-electron chi connectivity index (χ1n) is 14.3. The number of carbonyl (C=O) groups excluding carboxylic acids is 4. The van der Waals surface area contributed by atoms with Crippen molar-refractivity contribution in [2.24, 2.45) is 17.8 Å². The van der Waals surface area contributed by atoms with Gasteiger partial charge in [-0.25, -0.2) is 0 Å². The molecule has 216 valence electrons. The van der Waals surface area contributed by atoms with Gasteiger partial charge in [0.2, 0.25) is 17.7 Å². The van der Waals surface area contributed by atoms with Gasteiger partial charge in [-0.15, -0.1) is 0 Å². The number of aliphatic hydroxyl groups is 1. The lowest BCUT2D eigenvalue weighted by molar-refractivity contribution is -0.160. The molecule has 10 heteroatoms. The highest BCUT2D eigenvalue weighted by Crippen LogP contribution is 2.54. The predicted molar refractivity (Wildman–Crippen MR) is 143 cm³/mol. The first kappa shape index (κ1) is 29.3. The molecular formula is C29H43N3O7. The molecule has 39 heavy (non-hydrogen) atoms. The highest BCUT2D eigenvalue weighted by Gasteiger charge is 2.72. The molecule has 1 unspecified atom stereocenters. The van der Waals surface area contributed by atoms with Crippen LogP contribution in [0, 0.1) is 17.8 Å². The lowest BCUT2D eigenvalue weighted by Gasteiger charge is -2.41. The van der Waals surface area contributed by atoms with Gasteiger partial charge in [0.15, 0.2) is 0 Å². The van der Waals surface area contributed by atoms with Gasteiger partial charge in [-0.1, -0.05) is 51.5 Å². The molecule has 4 aliphatic rings. The summed E-state index contributed by atoms with van der Waals surface area (Å²) in [6.45, 7) is 9.75. The van der Waals surface area contributed by atoms with Gasteiger partial charge in [0.25, 0.3) is 0 Å². The number of ether oxygens (including phenoxy) is 2. The second-order valence-corrected chi connectivity index (χ2v) is 11.6. The molecule has 1 spiro atoms. The number of amides is 3. The standard InChI is InChI=1S/C29H43N3O7/c1-6-10-18(4)31-14-9-13-29-24(26(35)32(25(29)27(31)36)20(16-33)17(2)3)23-21(39-29)11-7-8-12-22(34)30-15-19(5)38-28(23)37/h7,9,11,13,17-21,23-25,33H,6,8,10,12,14-16H2,1-5H3,(H,30,34)/b11-7-/t18?,19-,20+,21-,23+,24+,25-,29+/m1/s1. The van der Waals surface area contributed by atoms with Crippen molar-refractivity contribution in [1.82, 2.24) is 15.1 Å². The maximum Gasteiger partial charge on any atom is 0.313 e. The normalized spacial score (nSPS) is 35.7. The summed E-state index contributed by atoms with van der Waals surface area (Å²) in [4.78, 5) is 57.7. The van der Waals surface area contributed by atoms with Gasteiger partial charge < -0.3 is 29.7 Å². The van der Waals surface area contributed by atoms with Gasteiger partial charge in [-0.2, -0.15) is 0 Å². The van der Waals surface area contributed by atoms with E-state index in [1.54, 1.807) is 30.1 Å². The van der Waals surface area contributed by atoms with Gasteiger partial charge in [0, 0.05) is 19.0 Å². The number of esters is 1. The third kappa shape index (κ3) is 5.25. The van der Waals surface area contributed by atoms with Gasteiger partial charge in [-0.3, -0.25) is 19.2 Å². The van der Waals surface area contributed by atoms with Crippen LogP contribution in [0.15, 0.2) is 24.3 Å². The average Bonchev–Trinajstić information content (AvgIpc) is 3.26. The second kappa shape index (κ2) is 11.8. The lowest BCUT2D eigenvalue weighted by Crippen LogP contribution is -2.60. The fraction of sp³-hybridized carbons (Fsp3) is 0.724. The summed E-state index contributed by atoms with van der Waals surface area (Å²) in [5.41, 5.74) is -1.40. The molecule has 4 rings (SSSR count). The van der Waals surface area contributed by atoms with E-state index in [1.807, 2.05) is 26.8 Å². The van der Waals surface area contributed by atoms with E-state index in [0.29, 0.717) is 13.0 Å². The maximum atomic E-state index is 14.4. The summed E-state index contributed by atoms with van der Waals surface area (Å²) in [5.74, 6) is -3.49. The fourth-order valence-electron chi connectivity index (χ4n) is 6.57. The minimum Gasteiger partial charge on any atom is -0.460 e. The van der Waals surface area contributed by atoms with Crippen LogP contribution in [0.3, 0.4) is 0 Å².